The summed E-state index contributed by atoms with van der Waals surface area (Å²) in [6.45, 7) is 0. The Morgan fingerprint density at radius 3 is 2.40 bits per heavy atom. The number of aliphatic hydroxyl groups is 1. The largest absolute Gasteiger partial charge is 0.423 e. The van der Waals surface area contributed by atoms with Gasteiger partial charge in [0, 0.05) is 0 Å². The standard InChI is InChI=1S/CH4O2SSi/c2-1-4-5-3/h2-3H,1H2. The van der Waals surface area contributed by atoms with E-state index in [1.807, 2.05) is 0 Å². The number of hydrogen-bond acceptors (Lipinski definition) is 3. The summed E-state index contributed by atoms with van der Waals surface area (Å²) in [6, 6.07) is 0. The van der Waals surface area contributed by atoms with Gasteiger partial charge in [0.25, 0.3) is 0 Å². The maximum Gasteiger partial charge on any atom is 0.311 e. The van der Waals surface area contributed by atoms with Gasteiger partial charge in [-0.1, -0.05) is 0 Å². The number of rotatable bonds is 2. The Morgan fingerprint density at radius 1 is 1.80 bits per heavy atom. The molecule has 0 saturated carbocycles. The predicted molar refractivity (Wildman–Crippen MR) is 22.6 cm³/mol. The molecule has 0 rings (SSSR count). The lowest BCUT2D eigenvalue weighted by molar-refractivity contribution is 0.376. The Labute approximate surface area is 36.8 Å². The van der Waals surface area contributed by atoms with Crippen LogP contribution in [-0.4, -0.2) is 24.8 Å². The van der Waals surface area contributed by atoms with Crippen molar-refractivity contribution in [2.45, 2.75) is 0 Å². The molecule has 0 aliphatic carbocycles. The molecule has 0 bridgehead atoms. The average Bonchev–Trinajstić information content (AvgIpc) is 1.41. The summed E-state index contributed by atoms with van der Waals surface area (Å²) in [4.78, 5) is 7.90. The van der Waals surface area contributed by atoms with Crippen molar-refractivity contribution in [2.75, 3.05) is 5.94 Å². The molecule has 4 heteroatoms. The van der Waals surface area contributed by atoms with Crippen molar-refractivity contribution in [1.82, 2.24) is 0 Å². The van der Waals surface area contributed by atoms with E-state index in [2.05, 4.69) is 0 Å². The van der Waals surface area contributed by atoms with Gasteiger partial charge in [0.05, 0.1) is 5.94 Å². The van der Waals surface area contributed by atoms with E-state index >= 15 is 0 Å². The van der Waals surface area contributed by atoms with Crippen molar-refractivity contribution < 1.29 is 9.90 Å². The maximum absolute atomic E-state index is 7.90. The van der Waals surface area contributed by atoms with Crippen LogP contribution in [0.1, 0.15) is 0 Å². The zero-order valence-electron chi connectivity index (χ0n) is 2.51. The fourth-order valence-corrected chi connectivity index (χ4v) is 0.260. The lowest BCUT2D eigenvalue weighted by Crippen LogP contribution is -1.79. The second-order valence-electron chi connectivity index (χ2n) is 0.365. The molecule has 2 nitrogen and oxygen atoms in total. The molecule has 0 unspecified atom stereocenters. The molecule has 5 heavy (non-hydrogen) atoms. The fraction of sp³-hybridized carbons (Fsp3) is 1.00. The van der Waals surface area contributed by atoms with E-state index in [0.717, 1.165) is 11.2 Å². The van der Waals surface area contributed by atoms with Crippen molar-refractivity contribution >= 4 is 20.1 Å². The van der Waals surface area contributed by atoms with Gasteiger partial charge in [-0.25, -0.2) is 0 Å². The molecule has 0 amide bonds. The van der Waals surface area contributed by atoms with Crippen molar-refractivity contribution in [2.24, 2.45) is 0 Å². The van der Waals surface area contributed by atoms with Gasteiger partial charge in [-0.2, -0.15) is 0 Å². The molecule has 0 saturated heterocycles. The highest BCUT2D eigenvalue weighted by Crippen LogP contribution is 1.85. The third kappa shape index (κ3) is 4.49. The van der Waals surface area contributed by atoms with Crippen LogP contribution in [0.2, 0.25) is 0 Å². The van der Waals surface area contributed by atoms with E-state index in [0.29, 0.717) is 0 Å². The van der Waals surface area contributed by atoms with E-state index in [1.165, 1.54) is 0 Å². The second-order valence-corrected chi connectivity index (χ2v) is 2.51. The van der Waals surface area contributed by atoms with E-state index in [-0.39, 0.29) is 14.9 Å². The quantitative estimate of drug-likeness (QED) is 0.359. The first-order chi connectivity index (χ1) is 2.41. The average molecular weight is 108 g/mol. The van der Waals surface area contributed by atoms with Gasteiger partial charge in [0.15, 0.2) is 0 Å². The monoisotopic (exact) mass is 108 g/mol. The molecule has 0 fully saturated rings. The van der Waals surface area contributed by atoms with Crippen molar-refractivity contribution in [1.29, 1.82) is 0 Å². The SMILES string of the molecule is OCS[Si]O. The highest BCUT2D eigenvalue weighted by Gasteiger charge is 1.75. The summed E-state index contributed by atoms with van der Waals surface area (Å²) in [6.07, 6.45) is 0. The van der Waals surface area contributed by atoms with Gasteiger partial charge in [-0.15, -0.1) is 11.2 Å². The van der Waals surface area contributed by atoms with Gasteiger partial charge in [-0.3, -0.25) is 0 Å². The molecule has 2 N–H and O–H groups in total. The van der Waals surface area contributed by atoms with Crippen LogP contribution >= 0.6 is 11.2 Å². The highest BCUT2D eigenvalue weighted by molar-refractivity contribution is 8.21. The van der Waals surface area contributed by atoms with Gasteiger partial charge >= 0.3 is 8.91 Å². The topological polar surface area (TPSA) is 40.5 Å². The molecule has 0 aromatic rings. The molecule has 0 aromatic heterocycles. The van der Waals surface area contributed by atoms with E-state index < -0.39 is 0 Å². The molecule has 0 aliphatic heterocycles. The Hall–Kier alpha value is 0.487. The molecular formula is CH4O2SSi. The van der Waals surface area contributed by atoms with Crippen molar-refractivity contribution in [3.05, 3.63) is 0 Å². The van der Waals surface area contributed by atoms with Crippen LogP contribution in [0.5, 0.6) is 0 Å². The third-order valence-electron chi connectivity index (χ3n) is 0.129. The van der Waals surface area contributed by atoms with Gasteiger partial charge in [0.2, 0.25) is 0 Å². The number of hydrogen-bond donors (Lipinski definition) is 2. The van der Waals surface area contributed by atoms with Crippen LogP contribution in [0.3, 0.4) is 0 Å². The highest BCUT2D eigenvalue weighted by atomic mass is 32.4. The van der Waals surface area contributed by atoms with Crippen LogP contribution in [0.25, 0.3) is 0 Å². The minimum atomic E-state index is -0.176. The molecule has 30 valence electrons. The first kappa shape index (κ1) is 5.49. The van der Waals surface area contributed by atoms with Crippen LogP contribution in [0.4, 0.5) is 0 Å². The lowest BCUT2D eigenvalue weighted by atomic mass is 11.7. The van der Waals surface area contributed by atoms with E-state index in [4.69, 9.17) is 9.90 Å². The van der Waals surface area contributed by atoms with Gasteiger partial charge in [0.1, 0.15) is 0 Å². The summed E-state index contributed by atoms with van der Waals surface area (Å²) in [5.74, 6) is 0.0228. The summed E-state index contributed by atoms with van der Waals surface area (Å²) in [7, 11) is -0.176. The lowest BCUT2D eigenvalue weighted by Gasteiger charge is -1.77. The molecule has 0 heterocycles. The van der Waals surface area contributed by atoms with Crippen LogP contribution in [0, 0.1) is 0 Å². The summed E-state index contributed by atoms with van der Waals surface area (Å²) >= 11 is 1.10. The summed E-state index contributed by atoms with van der Waals surface area (Å²) < 4.78 is 0. The minimum absolute atomic E-state index is 0.0228. The zero-order valence-corrected chi connectivity index (χ0v) is 4.33. The molecule has 2 radical (unpaired) electrons. The first-order valence-corrected chi connectivity index (χ1v) is 3.69. The van der Waals surface area contributed by atoms with Crippen molar-refractivity contribution in [3.8, 4) is 0 Å². The summed E-state index contributed by atoms with van der Waals surface area (Å²) in [5.41, 5.74) is 0. The van der Waals surface area contributed by atoms with E-state index in [9.17, 15) is 0 Å². The smallest absolute Gasteiger partial charge is 0.311 e. The predicted octanol–water partition coefficient (Wildman–Crippen LogP) is -0.804. The maximum atomic E-state index is 7.90. The van der Waals surface area contributed by atoms with E-state index in [1.54, 1.807) is 0 Å². The first-order valence-electron chi connectivity index (χ1n) is 1.03. The Bertz CT molecular complexity index is 17.1. The Morgan fingerprint density at radius 2 is 2.40 bits per heavy atom. The van der Waals surface area contributed by atoms with Crippen molar-refractivity contribution in [3.63, 3.8) is 0 Å². The molecular weight excluding hydrogens is 104 g/mol. The second kappa shape index (κ2) is 4.49. The number of aliphatic hydroxyl groups excluding tert-OH is 1. The third-order valence-corrected chi connectivity index (χ3v) is 1.16. The minimum Gasteiger partial charge on any atom is -0.423 e. The van der Waals surface area contributed by atoms with Crippen LogP contribution in [0.15, 0.2) is 0 Å². The Balaban J connectivity index is 2.19. The zero-order chi connectivity index (χ0) is 4.12. The normalized spacial score (nSPS) is 8.40. The fourth-order valence-electron chi connectivity index (χ4n) is 0.0289. The molecule has 0 spiro atoms. The summed E-state index contributed by atoms with van der Waals surface area (Å²) in [5, 5.41) is 7.88. The molecule has 0 atom stereocenters. The van der Waals surface area contributed by atoms with Gasteiger partial charge < -0.3 is 9.90 Å². The molecule has 0 aliphatic rings. The Kier molecular flexibility index (Phi) is 4.92. The van der Waals surface area contributed by atoms with Gasteiger partial charge in [-0.05, 0) is 0 Å². The van der Waals surface area contributed by atoms with Crippen LogP contribution < -0.4 is 0 Å². The molecule has 0 aromatic carbocycles. The van der Waals surface area contributed by atoms with Crippen LogP contribution in [-0.2, 0) is 0 Å².